The molecule has 0 spiro atoms. The number of anilines is 1. The summed E-state index contributed by atoms with van der Waals surface area (Å²) in [6.45, 7) is 2.88. The molecule has 0 saturated carbocycles. The van der Waals surface area contributed by atoms with E-state index in [-0.39, 0.29) is 24.2 Å². The highest BCUT2D eigenvalue weighted by Crippen LogP contribution is 2.25. The van der Waals surface area contributed by atoms with E-state index < -0.39 is 0 Å². The Labute approximate surface area is 163 Å². The third-order valence-corrected chi connectivity index (χ3v) is 5.14. The second kappa shape index (κ2) is 8.11. The number of hydrogen-bond acceptors (Lipinski definition) is 2. The zero-order valence-corrected chi connectivity index (χ0v) is 16.0. The van der Waals surface area contributed by atoms with Crippen molar-refractivity contribution in [3.05, 3.63) is 63.6 Å². The number of halogens is 2. The molecule has 26 heavy (non-hydrogen) atoms. The summed E-state index contributed by atoms with van der Waals surface area (Å²) in [5, 5.41) is 4.08. The van der Waals surface area contributed by atoms with Crippen molar-refractivity contribution in [1.29, 1.82) is 0 Å². The maximum Gasteiger partial charge on any atom is 0.227 e. The van der Waals surface area contributed by atoms with Crippen LogP contribution in [0.2, 0.25) is 10.0 Å². The SMILES string of the molecule is Cc1ccc(N2C[C@H](C(=O)NCCc3ccc(Cl)cc3Cl)CC2=O)cc1. The van der Waals surface area contributed by atoms with Crippen molar-refractivity contribution in [2.75, 3.05) is 18.0 Å². The van der Waals surface area contributed by atoms with E-state index in [9.17, 15) is 9.59 Å². The quantitative estimate of drug-likeness (QED) is 0.837. The van der Waals surface area contributed by atoms with Crippen molar-refractivity contribution in [3.8, 4) is 0 Å². The summed E-state index contributed by atoms with van der Waals surface area (Å²) in [7, 11) is 0. The molecular formula is C20H20Cl2N2O2. The van der Waals surface area contributed by atoms with Crippen LogP contribution in [0.4, 0.5) is 5.69 Å². The molecule has 4 nitrogen and oxygen atoms in total. The number of carbonyl (C=O) groups is 2. The molecule has 0 aromatic heterocycles. The maximum absolute atomic E-state index is 12.4. The van der Waals surface area contributed by atoms with Crippen LogP contribution < -0.4 is 10.2 Å². The molecule has 1 atom stereocenters. The van der Waals surface area contributed by atoms with Gasteiger partial charge in [0.1, 0.15) is 0 Å². The Morgan fingerprint density at radius 3 is 2.62 bits per heavy atom. The monoisotopic (exact) mass is 390 g/mol. The van der Waals surface area contributed by atoms with Crippen molar-refractivity contribution in [1.82, 2.24) is 5.32 Å². The second-order valence-electron chi connectivity index (χ2n) is 6.52. The molecular weight excluding hydrogens is 371 g/mol. The van der Waals surface area contributed by atoms with Crippen LogP contribution in [-0.2, 0) is 16.0 Å². The third-order valence-electron chi connectivity index (χ3n) is 4.55. The number of hydrogen-bond donors (Lipinski definition) is 1. The molecule has 0 unspecified atom stereocenters. The van der Waals surface area contributed by atoms with Crippen molar-refractivity contribution >= 4 is 40.7 Å². The molecule has 1 N–H and O–H groups in total. The normalized spacial score (nSPS) is 16.8. The largest absolute Gasteiger partial charge is 0.355 e. The van der Waals surface area contributed by atoms with Crippen LogP contribution in [0.3, 0.4) is 0 Å². The smallest absolute Gasteiger partial charge is 0.227 e. The fourth-order valence-corrected chi connectivity index (χ4v) is 3.55. The average Bonchev–Trinajstić information content (AvgIpc) is 2.99. The van der Waals surface area contributed by atoms with Crippen LogP contribution in [0.15, 0.2) is 42.5 Å². The van der Waals surface area contributed by atoms with Gasteiger partial charge in [-0.1, -0.05) is 47.0 Å². The molecule has 0 aliphatic carbocycles. The first kappa shape index (κ1) is 18.7. The molecule has 2 amide bonds. The predicted octanol–water partition coefficient (Wildman–Crippen LogP) is 4.01. The van der Waals surface area contributed by atoms with Gasteiger partial charge < -0.3 is 10.2 Å². The highest BCUT2D eigenvalue weighted by molar-refractivity contribution is 6.35. The summed E-state index contributed by atoms with van der Waals surface area (Å²) in [4.78, 5) is 26.3. The Kier molecular flexibility index (Phi) is 5.84. The van der Waals surface area contributed by atoms with Crippen LogP contribution in [0, 0.1) is 12.8 Å². The summed E-state index contributed by atoms with van der Waals surface area (Å²) in [6.07, 6.45) is 0.853. The predicted molar refractivity (Wildman–Crippen MR) is 105 cm³/mol. The Bertz CT molecular complexity index is 821. The van der Waals surface area contributed by atoms with Crippen LogP contribution in [-0.4, -0.2) is 24.9 Å². The number of nitrogens with one attached hydrogen (secondary N) is 1. The minimum absolute atomic E-state index is 0.0188. The Morgan fingerprint density at radius 2 is 1.92 bits per heavy atom. The lowest BCUT2D eigenvalue weighted by Crippen LogP contribution is -2.34. The van der Waals surface area contributed by atoms with Crippen molar-refractivity contribution in [3.63, 3.8) is 0 Å². The molecule has 6 heteroatoms. The molecule has 1 saturated heterocycles. The minimum Gasteiger partial charge on any atom is -0.355 e. The molecule has 3 rings (SSSR count). The zero-order chi connectivity index (χ0) is 18.7. The van der Waals surface area contributed by atoms with E-state index >= 15 is 0 Å². The molecule has 0 bridgehead atoms. The number of benzene rings is 2. The summed E-state index contributed by atoms with van der Waals surface area (Å²) in [5.74, 6) is -0.447. The zero-order valence-electron chi connectivity index (χ0n) is 14.5. The van der Waals surface area contributed by atoms with Gasteiger partial charge in [0.25, 0.3) is 0 Å². The lowest BCUT2D eigenvalue weighted by Gasteiger charge is -2.17. The number of carbonyl (C=O) groups excluding carboxylic acids is 2. The van der Waals surface area contributed by atoms with Gasteiger partial charge in [-0.15, -0.1) is 0 Å². The van der Waals surface area contributed by atoms with Gasteiger partial charge in [0.05, 0.1) is 5.92 Å². The van der Waals surface area contributed by atoms with Crippen LogP contribution >= 0.6 is 23.2 Å². The summed E-state index contributed by atoms with van der Waals surface area (Å²) in [6, 6.07) is 13.1. The van der Waals surface area contributed by atoms with Crippen molar-refractivity contribution in [2.45, 2.75) is 19.8 Å². The molecule has 1 aliphatic heterocycles. The summed E-state index contributed by atoms with van der Waals surface area (Å²) < 4.78 is 0. The van der Waals surface area contributed by atoms with E-state index in [1.165, 1.54) is 0 Å². The number of amides is 2. The van der Waals surface area contributed by atoms with E-state index in [2.05, 4.69) is 5.32 Å². The first-order valence-electron chi connectivity index (χ1n) is 8.52. The van der Waals surface area contributed by atoms with Crippen molar-refractivity contribution in [2.24, 2.45) is 5.92 Å². The Hall–Kier alpha value is -2.04. The second-order valence-corrected chi connectivity index (χ2v) is 7.36. The van der Waals surface area contributed by atoms with Gasteiger partial charge in [0.2, 0.25) is 11.8 Å². The van der Waals surface area contributed by atoms with E-state index in [4.69, 9.17) is 23.2 Å². The van der Waals surface area contributed by atoms with Crippen LogP contribution in [0.1, 0.15) is 17.5 Å². The third kappa shape index (κ3) is 4.37. The van der Waals surface area contributed by atoms with E-state index in [0.29, 0.717) is 29.6 Å². The van der Waals surface area contributed by atoms with Crippen LogP contribution in [0.25, 0.3) is 0 Å². The number of aryl methyl sites for hydroxylation is 1. The van der Waals surface area contributed by atoms with Gasteiger partial charge in [0, 0.05) is 35.2 Å². The van der Waals surface area contributed by atoms with Crippen LogP contribution in [0.5, 0.6) is 0 Å². The minimum atomic E-state index is -0.329. The lowest BCUT2D eigenvalue weighted by atomic mass is 10.1. The van der Waals surface area contributed by atoms with Gasteiger partial charge in [-0.05, 0) is 43.2 Å². The summed E-state index contributed by atoms with van der Waals surface area (Å²) in [5.41, 5.74) is 2.90. The van der Waals surface area contributed by atoms with Gasteiger partial charge in [0.15, 0.2) is 0 Å². The summed E-state index contributed by atoms with van der Waals surface area (Å²) >= 11 is 12.0. The topological polar surface area (TPSA) is 49.4 Å². The molecule has 1 heterocycles. The first-order valence-corrected chi connectivity index (χ1v) is 9.28. The standard InChI is InChI=1S/C20H20Cl2N2O2/c1-13-2-6-17(7-3-13)24-12-15(10-19(24)25)20(26)23-9-8-14-4-5-16(21)11-18(14)22/h2-7,11,15H,8-10,12H2,1H3,(H,23,26)/t15-/m1/s1. The molecule has 2 aromatic rings. The fourth-order valence-electron chi connectivity index (χ4n) is 3.05. The number of rotatable bonds is 5. The molecule has 0 radical (unpaired) electrons. The molecule has 2 aromatic carbocycles. The van der Waals surface area contributed by atoms with E-state index in [1.807, 2.05) is 37.3 Å². The highest BCUT2D eigenvalue weighted by Gasteiger charge is 2.34. The van der Waals surface area contributed by atoms with E-state index in [1.54, 1.807) is 17.0 Å². The van der Waals surface area contributed by atoms with Gasteiger partial charge in [-0.3, -0.25) is 9.59 Å². The Morgan fingerprint density at radius 1 is 1.19 bits per heavy atom. The average molecular weight is 391 g/mol. The lowest BCUT2D eigenvalue weighted by molar-refractivity contribution is -0.126. The van der Waals surface area contributed by atoms with E-state index in [0.717, 1.165) is 16.8 Å². The Balaban J connectivity index is 1.54. The first-order chi connectivity index (χ1) is 12.4. The van der Waals surface area contributed by atoms with Gasteiger partial charge in [-0.25, -0.2) is 0 Å². The van der Waals surface area contributed by atoms with Crippen molar-refractivity contribution < 1.29 is 9.59 Å². The molecule has 1 fully saturated rings. The maximum atomic E-state index is 12.4. The fraction of sp³-hybridized carbons (Fsp3) is 0.300. The highest BCUT2D eigenvalue weighted by atomic mass is 35.5. The van der Waals surface area contributed by atoms with Gasteiger partial charge >= 0.3 is 0 Å². The number of nitrogens with zero attached hydrogens (tertiary/aromatic N) is 1. The molecule has 136 valence electrons. The van der Waals surface area contributed by atoms with Gasteiger partial charge in [-0.2, -0.15) is 0 Å². The molecule has 1 aliphatic rings.